The number of sulfonamides is 1. The Morgan fingerprint density at radius 3 is 2.43 bits per heavy atom. The summed E-state index contributed by atoms with van der Waals surface area (Å²) in [4.78, 5) is 24.4. The molecule has 1 aromatic carbocycles. The average molecular weight is 407 g/mol. The van der Waals surface area contributed by atoms with Gasteiger partial charge in [0.05, 0.1) is 12.3 Å². The molecule has 0 radical (unpaired) electrons. The normalized spacial score (nSPS) is 13.1. The number of unbranched alkanes of at least 4 members (excludes halogenated alkanes) is 1. The minimum atomic E-state index is -4.04. The quantitative estimate of drug-likeness (QED) is 0.476. The van der Waals surface area contributed by atoms with E-state index >= 15 is 0 Å². The van der Waals surface area contributed by atoms with Crippen LogP contribution in [0, 0.1) is 12.3 Å². The lowest BCUT2D eigenvalue weighted by Crippen LogP contribution is -2.52. The molecule has 0 aliphatic carbocycles. The minimum absolute atomic E-state index is 0.0697. The van der Waals surface area contributed by atoms with E-state index in [4.69, 9.17) is 12.2 Å². The molecule has 0 bridgehead atoms. The first-order chi connectivity index (χ1) is 12.9. The van der Waals surface area contributed by atoms with E-state index in [1.165, 1.54) is 0 Å². The van der Waals surface area contributed by atoms with Crippen LogP contribution >= 0.6 is 0 Å². The molecule has 0 aromatic heterocycles. The first kappa shape index (κ1) is 23.9. The first-order valence-corrected chi connectivity index (χ1v) is 10.9. The van der Waals surface area contributed by atoms with Crippen LogP contribution in [-0.2, 0) is 30.8 Å². The smallest absolute Gasteiger partial charge is 0.243 e. The summed E-state index contributed by atoms with van der Waals surface area (Å²) in [5, 5.41) is 0. The number of hydrogen-bond donors (Lipinski definition) is 1. The van der Waals surface area contributed by atoms with Crippen LogP contribution in [0.25, 0.3) is 0 Å². The lowest BCUT2D eigenvalue weighted by molar-refractivity contribution is -0.131. The van der Waals surface area contributed by atoms with Crippen LogP contribution in [0.1, 0.15) is 58.1 Å². The van der Waals surface area contributed by atoms with Crippen molar-refractivity contribution in [3.05, 3.63) is 35.4 Å². The molecule has 1 aromatic rings. The maximum atomic E-state index is 13.0. The third-order valence-electron chi connectivity index (χ3n) is 4.39. The number of terminal acetylenes is 1. The van der Waals surface area contributed by atoms with Crippen LogP contribution in [0.15, 0.2) is 24.3 Å². The van der Waals surface area contributed by atoms with Crippen LogP contribution in [0.2, 0.25) is 0 Å². The highest BCUT2D eigenvalue weighted by atomic mass is 32.2. The van der Waals surface area contributed by atoms with Crippen LogP contribution < -0.4 is 5.73 Å². The second-order valence-corrected chi connectivity index (χ2v) is 9.75. The fourth-order valence-electron chi connectivity index (χ4n) is 2.81. The van der Waals surface area contributed by atoms with Gasteiger partial charge < -0.3 is 5.73 Å². The zero-order valence-corrected chi connectivity index (χ0v) is 17.9. The number of carbonyl (C=O) groups excluding carboxylic acids is 2. The van der Waals surface area contributed by atoms with E-state index in [2.05, 4.69) is 5.92 Å². The average Bonchev–Trinajstić information content (AvgIpc) is 2.58. The van der Waals surface area contributed by atoms with Gasteiger partial charge in [0, 0.05) is 6.42 Å². The predicted octanol–water partition coefficient (Wildman–Crippen LogP) is 2.36. The number of nitrogens with two attached hydrogens (primary N) is 1. The Balaban J connectivity index is 3.26. The maximum Gasteiger partial charge on any atom is 0.243 e. The lowest BCUT2D eigenvalue weighted by atomic mass is 9.86. The highest BCUT2D eigenvalue weighted by Gasteiger charge is 2.37. The second kappa shape index (κ2) is 9.85. The molecule has 0 spiro atoms. The number of amides is 1. The second-order valence-electron chi connectivity index (χ2n) is 7.83. The monoisotopic (exact) mass is 406 g/mol. The molecular weight excluding hydrogens is 376 g/mol. The van der Waals surface area contributed by atoms with Crippen molar-refractivity contribution in [1.29, 1.82) is 0 Å². The molecule has 1 unspecified atom stereocenters. The SMILES string of the molecule is C#CCN(C(C(N)=O)C(=O)CCCC)S(=O)(=O)Cc1cccc(C(C)(C)C)c1. The summed E-state index contributed by atoms with van der Waals surface area (Å²) >= 11 is 0. The Kier molecular flexibility index (Phi) is 8.40. The van der Waals surface area contributed by atoms with E-state index in [0.29, 0.717) is 12.0 Å². The van der Waals surface area contributed by atoms with E-state index in [0.717, 1.165) is 16.3 Å². The Hall–Kier alpha value is -2.17. The largest absolute Gasteiger partial charge is 0.368 e. The van der Waals surface area contributed by atoms with Crippen LogP contribution in [0.5, 0.6) is 0 Å². The van der Waals surface area contributed by atoms with Crippen molar-refractivity contribution in [2.75, 3.05) is 6.54 Å². The number of hydrogen-bond acceptors (Lipinski definition) is 4. The molecule has 28 heavy (non-hydrogen) atoms. The van der Waals surface area contributed by atoms with Crippen molar-refractivity contribution in [3.8, 4) is 12.3 Å². The number of nitrogens with zero attached hydrogens (tertiary/aromatic N) is 1. The maximum absolute atomic E-state index is 13.0. The molecule has 6 nitrogen and oxygen atoms in total. The Morgan fingerprint density at radius 2 is 1.93 bits per heavy atom. The third kappa shape index (κ3) is 6.47. The third-order valence-corrected chi connectivity index (χ3v) is 6.14. The van der Waals surface area contributed by atoms with E-state index in [1.54, 1.807) is 12.1 Å². The predicted molar refractivity (Wildman–Crippen MR) is 111 cm³/mol. The highest BCUT2D eigenvalue weighted by molar-refractivity contribution is 7.88. The summed E-state index contributed by atoms with van der Waals surface area (Å²) in [5.74, 6) is 0.315. The molecule has 0 aliphatic rings. The zero-order chi connectivity index (χ0) is 21.5. The number of Topliss-reactive ketones (excluding diaryl/α,β-unsaturated/α-hetero) is 1. The molecule has 1 rings (SSSR count). The van der Waals surface area contributed by atoms with E-state index in [1.807, 2.05) is 39.8 Å². The van der Waals surface area contributed by atoms with Gasteiger partial charge in [-0.05, 0) is 23.0 Å². The number of benzene rings is 1. The van der Waals surface area contributed by atoms with E-state index in [9.17, 15) is 18.0 Å². The molecular formula is C21H30N2O4S. The number of primary amides is 1. The van der Waals surface area contributed by atoms with Crippen molar-refractivity contribution < 1.29 is 18.0 Å². The van der Waals surface area contributed by atoms with Gasteiger partial charge in [0.2, 0.25) is 15.9 Å². The van der Waals surface area contributed by atoms with Gasteiger partial charge >= 0.3 is 0 Å². The van der Waals surface area contributed by atoms with Crippen molar-refractivity contribution in [2.45, 2.75) is 64.2 Å². The molecule has 0 heterocycles. The molecule has 0 aliphatic heterocycles. The van der Waals surface area contributed by atoms with Gasteiger partial charge in [-0.3, -0.25) is 9.59 Å². The summed E-state index contributed by atoms with van der Waals surface area (Å²) in [6, 6.07) is 5.63. The van der Waals surface area contributed by atoms with Crippen LogP contribution in [0.3, 0.4) is 0 Å². The number of rotatable bonds is 10. The van der Waals surface area contributed by atoms with Crippen molar-refractivity contribution in [2.24, 2.45) is 5.73 Å². The van der Waals surface area contributed by atoms with Crippen LogP contribution in [0.4, 0.5) is 0 Å². The van der Waals surface area contributed by atoms with E-state index < -0.39 is 34.3 Å². The minimum Gasteiger partial charge on any atom is -0.368 e. The van der Waals surface area contributed by atoms with E-state index in [-0.39, 0.29) is 17.6 Å². The Morgan fingerprint density at radius 1 is 1.29 bits per heavy atom. The van der Waals surface area contributed by atoms with Gasteiger partial charge in [0.15, 0.2) is 11.8 Å². The molecule has 0 fully saturated rings. The number of ketones is 1. The summed E-state index contributed by atoms with van der Waals surface area (Å²) in [6.07, 6.45) is 6.67. The van der Waals surface area contributed by atoms with Crippen LogP contribution in [-0.4, -0.2) is 37.0 Å². The summed E-state index contributed by atoms with van der Waals surface area (Å²) < 4.78 is 26.9. The van der Waals surface area contributed by atoms with Gasteiger partial charge in [-0.15, -0.1) is 6.42 Å². The lowest BCUT2D eigenvalue weighted by Gasteiger charge is -2.26. The molecule has 154 valence electrons. The molecule has 2 N–H and O–H groups in total. The summed E-state index contributed by atoms with van der Waals surface area (Å²) in [5.41, 5.74) is 6.76. The summed E-state index contributed by atoms with van der Waals surface area (Å²) in [7, 11) is -4.04. The molecule has 0 saturated heterocycles. The standard InChI is InChI=1S/C21H30N2O4S/c1-6-8-12-18(24)19(20(22)25)23(13-7-2)28(26,27)15-16-10-9-11-17(14-16)21(3,4)5/h2,9-11,14,19H,6,8,12-13,15H2,1,3-5H3,(H2,22,25). The first-order valence-electron chi connectivity index (χ1n) is 9.28. The summed E-state index contributed by atoms with van der Waals surface area (Å²) in [6.45, 7) is 7.58. The molecule has 1 atom stereocenters. The van der Waals surface area contributed by atoms with Crippen molar-refractivity contribution in [1.82, 2.24) is 4.31 Å². The van der Waals surface area contributed by atoms with Gasteiger partial charge in [-0.25, -0.2) is 8.42 Å². The fourth-order valence-corrected chi connectivity index (χ4v) is 4.39. The molecule has 7 heteroatoms. The topological polar surface area (TPSA) is 97.5 Å². The Bertz CT molecular complexity index is 848. The fraction of sp³-hybridized carbons (Fsp3) is 0.524. The Labute approximate surface area is 168 Å². The van der Waals surface area contributed by atoms with Crippen molar-refractivity contribution in [3.63, 3.8) is 0 Å². The van der Waals surface area contributed by atoms with Gasteiger partial charge in [-0.2, -0.15) is 4.31 Å². The molecule has 0 saturated carbocycles. The van der Waals surface area contributed by atoms with Crippen molar-refractivity contribution >= 4 is 21.7 Å². The van der Waals surface area contributed by atoms with Gasteiger partial charge in [-0.1, -0.05) is 64.3 Å². The zero-order valence-electron chi connectivity index (χ0n) is 17.1. The molecule has 1 amide bonds. The highest BCUT2D eigenvalue weighted by Crippen LogP contribution is 2.24. The number of carbonyl (C=O) groups is 2. The van der Waals surface area contributed by atoms with Gasteiger partial charge in [0.25, 0.3) is 0 Å². The van der Waals surface area contributed by atoms with Gasteiger partial charge in [0.1, 0.15) is 0 Å².